The third-order valence-electron chi connectivity index (χ3n) is 4.06. The van der Waals surface area contributed by atoms with Crippen LogP contribution in [0, 0.1) is 12.8 Å². The van der Waals surface area contributed by atoms with E-state index < -0.39 is 11.7 Å². The molecule has 1 N–H and O–H groups in total. The van der Waals surface area contributed by atoms with E-state index in [1.165, 1.54) is 22.9 Å². The second-order valence-electron chi connectivity index (χ2n) is 7.69. The molecule has 7 heteroatoms. The van der Waals surface area contributed by atoms with Crippen LogP contribution < -0.4 is 5.32 Å². The lowest BCUT2D eigenvalue weighted by molar-refractivity contribution is 0.0474. The number of rotatable bonds is 7. The summed E-state index contributed by atoms with van der Waals surface area (Å²) in [6.45, 7) is 11.6. The number of alkyl carbamates (subject to hydrolysis) is 1. The van der Waals surface area contributed by atoms with Gasteiger partial charge in [0.1, 0.15) is 11.6 Å². The molecule has 0 saturated heterocycles. The minimum Gasteiger partial charge on any atom is -0.444 e. The largest absolute Gasteiger partial charge is 0.444 e. The van der Waals surface area contributed by atoms with Gasteiger partial charge in [0.15, 0.2) is 0 Å². The number of hydrogen-bond acceptors (Lipinski definition) is 6. The normalized spacial score (nSPS) is 13.9. The van der Waals surface area contributed by atoms with Crippen LogP contribution in [0.25, 0.3) is 0 Å². The summed E-state index contributed by atoms with van der Waals surface area (Å²) in [7, 11) is 0. The SMILES string of the molecule is CC[C@@H](C)[C@H](NC(=O)OC(C)(C)C)c1nnc(SCc2ccc(C)cc2)o1. The Balaban J connectivity index is 2.04. The third kappa shape index (κ3) is 6.90. The molecule has 0 spiro atoms. The Kier molecular flexibility index (Phi) is 7.30. The number of benzene rings is 1. The molecule has 2 atom stereocenters. The van der Waals surface area contributed by atoms with Crippen molar-refractivity contribution in [1.29, 1.82) is 0 Å². The van der Waals surface area contributed by atoms with Gasteiger partial charge in [-0.15, -0.1) is 10.2 Å². The lowest BCUT2D eigenvalue weighted by Crippen LogP contribution is -2.37. The van der Waals surface area contributed by atoms with Crippen molar-refractivity contribution in [3.05, 3.63) is 41.3 Å². The van der Waals surface area contributed by atoms with Crippen molar-refractivity contribution >= 4 is 17.9 Å². The second kappa shape index (κ2) is 9.26. The zero-order chi connectivity index (χ0) is 20.0. The molecule has 6 nitrogen and oxygen atoms in total. The number of nitrogens with zero attached hydrogens (tertiary/aromatic N) is 2. The van der Waals surface area contributed by atoms with Crippen LogP contribution in [0.2, 0.25) is 0 Å². The molecule has 0 aliphatic rings. The molecule has 2 rings (SSSR count). The standard InChI is InChI=1S/C20H29N3O3S/c1-7-14(3)16(21-18(24)26-20(4,5)6)17-22-23-19(25-17)27-12-15-10-8-13(2)9-11-15/h8-11,14,16H,7,12H2,1-6H3,(H,21,24)/t14-,16+/m1/s1. The smallest absolute Gasteiger partial charge is 0.408 e. The fourth-order valence-electron chi connectivity index (χ4n) is 2.35. The molecule has 2 aromatic rings. The van der Waals surface area contributed by atoms with E-state index in [1.807, 2.05) is 27.7 Å². The Hall–Kier alpha value is -2.02. The first-order chi connectivity index (χ1) is 12.7. The van der Waals surface area contributed by atoms with Gasteiger partial charge in [-0.2, -0.15) is 0 Å². The highest BCUT2D eigenvalue weighted by Gasteiger charge is 2.28. The number of ether oxygens (including phenoxy) is 1. The molecule has 0 saturated carbocycles. The Morgan fingerprint density at radius 1 is 1.26 bits per heavy atom. The fraction of sp³-hybridized carbons (Fsp3) is 0.550. The minimum atomic E-state index is -0.562. The van der Waals surface area contributed by atoms with E-state index in [9.17, 15) is 4.79 Å². The molecule has 0 bridgehead atoms. The first-order valence-electron chi connectivity index (χ1n) is 9.19. The first kappa shape index (κ1) is 21.3. The molecule has 148 valence electrons. The second-order valence-corrected chi connectivity index (χ2v) is 8.62. The first-order valence-corrected chi connectivity index (χ1v) is 10.2. The maximum atomic E-state index is 12.2. The van der Waals surface area contributed by atoms with Gasteiger partial charge in [0, 0.05) is 5.75 Å². The summed E-state index contributed by atoms with van der Waals surface area (Å²) in [5, 5.41) is 11.6. The van der Waals surface area contributed by atoms with E-state index >= 15 is 0 Å². The summed E-state index contributed by atoms with van der Waals surface area (Å²) in [6.07, 6.45) is 0.370. The molecule has 0 unspecified atom stereocenters. The molecule has 1 aromatic carbocycles. The summed E-state index contributed by atoms with van der Waals surface area (Å²) >= 11 is 1.48. The maximum Gasteiger partial charge on any atom is 0.408 e. The molecule has 0 aliphatic carbocycles. The highest BCUT2D eigenvalue weighted by Crippen LogP contribution is 2.28. The number of amides is 1. The number of aryl methyl sites for hydroxylation is 1. The Labute approximate surface area is 165 Å². The average Bonchev–Trinajstić information content (AvgIpc) is 3.05. The van der Waals surface area contributed by atoms with Crippen molar-refractivity contribution in [1.82, 2.24) is 15.5 Å². The molecule has 1 heterocycles. The van der Waals surface area contributed by atoms with Gasteiger partial charge in [0.05, 0.1) is 0 Å². The topological polar surface area (TPSA) is 77.2 Å². The van der Waals surface area contributed by atoms with E-state index in [1.54, 1.807) is 0 Å². The lowest BCUT2D eigenvalue weighted by Gasteiger charge is -2.24. The average molecular weight is 392 g/mol. The highest BCUT2D eigenvalue weighted by atomic mass is 32.2. The fourth-order valence-corrected chi connectivity index (χ4v) is 3.08. The highest BCUT2D eigenvalue weighted by molar-refractivity contribution is 7.98. The van der Waals surface area contributed by atoms with Gasteiger partial charge < -0.3 is 14.5 Å². The minimum absolute atomic E-state index is 0.132. The van der Waals surface area contributed by atoms with Crippen LogP contribution in [-0.4, -0.2) is 21.9 Å². The van der Waals surface area contributed by atoms with Crippen molar-refractivity contribution in [2.45, 2.75) is 70.6 Å². The lowest BCUT2D eigenvalue weighted by atomic mass is 9.99. The predicted octanol–water partition coefficient (Wildman–Crippen LogP) is 5.28. The van der Waals surface area contributed by atoms with Gasteiger partial charge in [-0.1, -0.05) is 61.9 Å². The van der Waals surface area contributed by atoms with Crippen LogP contribution in [0.5, 0.6) is 0 Å². The third-order valence-corrected chi connectivity index (χ3v) is 4.95. The van der Waals surface area contributed by atoms with Crippen LogP contribution in [0.15, 0.2) is 33.9 Å². The van der Waals surface area contributed by atoms with Crippen molar-refractivity contribution in [3.63, 3.8) is 0 Å². The van der Waals surface area contributed by atoms with E-state index in [-0.39, 0.29) is 12.0 Å². The number of aromatic nitrogens is 2. The molecule has 1 amide bonds. The van der Waals surface area contributed by atoms with Gasteiger partial charge in [-0.05, 0) is 39.2 Å². The molecule has 1 aromatic heterocycles. The quantitative estimate of drug-likeness (QED) is 0.647. The number of carbonyl (C=O) groups is 1. The van der Waals surface area contributed by atoms with Crippen LogP contribution in [0.1, 0.15) is 64.1 Å². The zero-order valence-electron chi connectivity index (χ0n) is 16.9. The summed E-state index contributed by atoms with van der Waals surface area (Å²) in [5.41, 5.74) is 1.86. The molecule has 0 radical (unpaired) electrons. The molecular weight excluding hydrogens is 362 g/mol. The molecule has 27 heavy (non-hydrogen) atoms. The van der Waals surface area contributed by atoms with Gasteiger partial charge >= 0.3 is 6.09 Å². The number of nitrogens with one attached hydrogen (secondary N) is 1. The number of thioether (sulfide) groups is 1. The van der Waals surface area contributed by atoms with E-state index in [2.05, 4.69) is 53.6 Å². The molecule has 0 aliphatic heterocycles. The van der Waals surface area contributed by atoms with Crippen LogP contribution in [-0.2, 0) is 10.5 Å². The summed E-state index contributed by atoms with van der Waals surface area (Å²) < 4.78 is 11.2. The van der Waals surface area contributed by atoms with Crippen molar-refractivity contribution in [2.24, 2.45) is 5.92 Å². The van der Waals surface area contributed by atoms with Gasteiger partial charge in [0.2, 0.25) is 5.89 Å². The monoisotopic (exact) mass is 391 g/mol. The zero-order valence-corrected chi connectivity index (χ0v) is 17.7. The maximum absolute atomic E-state index is 12.2. The number of carbonyl (C=O) groups excluding carboxylic acids is 1. The van der Waals surface area contributed by atoms with Crippen LogP contribution in [0.4, 0.5) is 4.79 Å². The predicted molar refractivity (Wildman–Crippen MR) is 107 cm³/mol. The molecular formula is C20H29N3O3S. The summed E-state index contributed by atoms with van der Waals surface area (Å²) in [5.74, 6) is 1.28. The van der Waals surface area contributed by atoms with Crippen molar-refractivity contribution in [2.75, 3.05) is 0 Å². The number of hydrogen-bond donors (Lipinski definition) is 1. The van der Waals surface area contributed by atoms with Crippen LogP contribution in [0.3, 0.4) is 0 Å². The van der Waals surface area contributed by atoms with E-state index in [4.69, 9.17) is 9.15 Å². The van der Waals surface area contributed by atoms with Crippen molar-refractivity contribution < 1.29 is 13.9 Å². The summed E-state index contributed by atoms with van der Waals surface area (Å²) in [6, 6.07) is 7.96. The van der Waals surface area contributed by atoms with Gasteiger partial charge in [0.25, 0.3) is 5.22 Å². The van der Waals surface area contributed by atoms with Crippen LogP contribution >= 0.6 is 11.8 Å². The Morgan fingerprint density at radius 2 is 1.93 bits per heavy atom. The Morgan fingerprint density at radius 3 is 2.52 bits per heavy atom. The van der Waals surface area contributed by atoms with E-state index in [0.717, 1.165) is 12.2 Å². The van der Waals surface area contributed by atoms with Gasteiger partial charge in [-0.3, -0.25) is 0 Å². The van der Waals surface area contributed by atoms with Gasteiger partial charge in [-0.25, -0.2) is 4.79 Å². The molecule has 0 fully saturated rings. The van der Waals surface area contributed by atoms with Crippen molar-refractivity contribution in [3.8, 4) is 0 Å². The van der Waals surface area contributed by atoms with E-state index in [0.29, 0.717) is 11.1 Å². The Bertz CT molecular complexity index is 738. The summed E-state index contributed by atoms with van der Waals surface area (Å²) in [4.78, 5) is 12.2.